The molecule has 0 saturated heterocycles. The Balaban J connectivity index is 0.00000264. The Bertz CT molecular complexity index is 754. The molecule has 0 amide bonds. The summed E-state index contributed by atoms with van der Waals surface area (Å²) in [6, 6.07) is 9.26. The summed E-state index contributed by atoms with van der Waals surface area (Å²) in [5, 5.41) is 1.91. The van der Waals surface area contributed by atoms with Gasteiger partial charge in [0.1, 0.15) is 10.1 Å². The first-order chi connectivity index (χ1) is 10.5. The van der Waals surface area contributed by atoms with Gasteiger partial charge in [0.2, 0.25) is 0 Å². The quantitative estimate of drug-likeness (QED) is 0.556. The summed E-state index contributed by atoms with van der Waals surface area (Å²) in [5.41, 5.74) is 2.15. The van der Waals surface area contributed by atoms with Crippen molar-refractivity contribution in [2.24, 2.45) is 0 Å². The molecule has 0 heterocycles. The molecule has 0 aliphatic rings. The predicted octanol–water partition coefficient (Wildman–Crippen LogP) is 1.43. The van der Waals surface area contributed by atoms with Crippen molar-refractivity contribution in [1.29, 1.82) is 0 Å². The zero-order chi connectivity index (χ0) is 16.2. The predicted molar refractivity (Wildman–Crippen MR) is 89.1 cm³/mol. The minimum atomic E-state index is -4.42. The van der Waals surface area contributed by atoms with E-state index < -0.39 is 10.1 Å². The SMILES string of the molecule is CCCCc1ccc2c(CCCC)cc(S(=O)(=O)[O-])cc2c1.[K+]. The molecule has 2 rings (SSSR count). The molecule has 0 radical (unpaired) electrons. The maximum atomic E-state index is 11.4. The Kier molecular flexibility index (Phi) is 8.94. The van der Waals surface area contributed by atoms with E-state index in [-0.39, 0.29) is 56.3 Å². The average molecular weight is 359 g/mol. The monoisotopic (exact) mass is 358 g/mol. The van der Waals surface area contributed by atoms with Gasteiger partial charge in [-0.2, -0.15) is 0 Å². The second kappa shape index (κ2) is 9.66. The van der Waals surface area contributed by atoms with E-state index in [9.17, 15) is 13.0 Å². The number of benzene rings is 2. The van der Waals surface area contributed by atoms with Crippen molar-refractivity contribution >= 4 is 20.9 Å². The number of hydrogen-bond acceptors (Lipinski definition) is 3. The van der Waals surface area contributed by atoms with Crippen LogP contribution in [0.1, 0.15) is 50.7 Å². The fourth-order valence-corrected chi connectivity index (χ4v) is 3.28. The van der Waals surface area contributed by atoms with Crippen LogP contribution < -0.4 is 51.4 Å². The largest absolute Gasteiger partial charge is 1.00 e. The number of unbranched alkanes of at least 4 members (excludes halogenated alkanes) is 2. The van der Waals surface area contributed by atoms with Crippen LogP contribution in [0.4, 0.5) is 0 Å². The normalized spacial score (nSPS) is 11.4. The summed E-state index contributed by atoms with van der Waals surface area (Å²) in [7, 11) is -4.42. The molecule has 2 aromatic rings. The zero-order valence-corrected chi connectivity index (χ0v) is 18.2. The molecule has 23 heavy (non-hydrogen) atoms. The Morgan fingerprint density at radius 1 is 0.957 bits per heavy atom. The summed E-state index contributed by atoms with van der Waals surface area (Å²) in [6.45, 7) is 4.24. The molecule has 0 fully saturated rings. The van der Waals surface area contributed by atoms with Gasteiger partial charge in [-0.25, -0.2) is 8.42 Å². The minimum absolute atomic E-state index is 0. The molecule has 2 aromatic carbocycles. The van der Waals surface area contributed by atoms with Crippen LogP contribution in [0, 0.1) is 0 Å². The van der Waals surface area contributed by atoms with Crippen molar-refractivity contribution in [3.8, 4) is 0 Å². The summed E-state index contributed by atoms with van der Waals surface area (Å²) >= 11 is 0. The molecule has 0 N–H and O–H groups in total. The third kappa shape index (κ3) is 5.92. The Morgan fingerprint density at radius 2 is 1.61 bits per heavy atom. The van der Waals surface area contributed by atoms with Gasteiger partial charge in [0.15, 0.2) is 0 Å². The van der Waals surface area contributed by atoms with Gasteiger partial charge in [-0.15, -0.1) is 0 Å². The Morgan fingerprint density at radius 3 is 2.22 bits per heavy atom. The first-order valence-corrected chi connectivity index (χ1v) is 9.38. The van der Waals surface area contributed by atoms with Gasteiger partial charge >= 0.3 is 51.4 Å². The average Bonchev–Trinajstić information content (AvgIpc) is 2.49. The van der Waals surface area contributed by atoms with Crippen LogP contribution in [-0.4, -0.2) is 13.0 Å². The van der Waals surface area contributed by atoms with Crippen LogP contribution in [-0.2, 0) is 23.0 Å². The number of aryl methyl sites for hydroxylation is 2. The maximum absolute atomic E-state index is 11.4. The maximum Gasteiger partial charge on any atom is 1.00 e. The first kappa shape index (κ1) is 21.3. The fourth-order valence-electron chi connectivity index (χ4n) is 2.72. The van der Waals surface area contributed by atoms with E-state index in [1.165, 1.54) is 11.6 Å². The van der Waals surface area contributed by atoms with Gasteiger partial charge in [-0.05, 0) is 59.7 Å². The van der Waals surface area contributed by atoms with Gasteiger partial charge < -0.3 is 4.55 Å². The number of hydrogen-bond donors (Lipinski definition) is 0. The third-order valence-corrected chi connectivity index (χ3v) is 4.80. The number of fused-ring (bicyclic) bond motifs is 1. The van der Waals surface area contributed by atoms with Crippen LogP contribution in [0.5, 0.6) is 0 Å². The van der Waals surface area contributed by atoms with E-state index in [1.807, 2.05) is 6.07 Å². The van der Waals surface area contributed by atoms with Crippen LogP contribution >= 0.6 is 0 Å². The summed E-state index contributed by atoms with van der Waals surface area (Å²) < 4.78 is 34.2. The van der Waals surface area contributed by atoms with Crippen LogP contribution in [0.15, 0.2) is 35.2 Å². The molecule has 0 aliphatic carbocycles. The summed E-state index contributed by atoms with van der Waals surface area (Å²) in [4.78, 5) is -0.112. The van der Waals surface area contributed by atoms with Crippen molar-refractivity contribution in [3.05, 3.63) is 41.5 Å². The molecule has 0 unspecified atom stereocenters. The van der Waals surface area contributed by atoms with Crippen molar-refractivity contribution in [2.75, 3.05) is 0 Å². The molecular weight excluding hydrogens is 335 g/mol. The molecule has 3 nitrogen and oxygen atoms in total. The molecule has 0 bridgehead atoms. The van der Waals surface area contributed by atoms with E-state index in [0.717, 1.165) is 54.9 Å². The van der Waals surface area contributed by atoms with Gasteiger partial charge in [-0.1, -0.05) is 44.9 Å². The van der Waals surface area contributed by atoms with Crippen molar-refractivity contribution < 1.29 is 64.4 Å². The number of rotatable bonds is 7. The fraction of sp³-hybridized carbons (Fsp3) is 0.444. The molecular formula is C18H23KO3S. The molecule has 0 atom stereocenters. The summed E-state index contributed by atoms with van der Waals surface area (Å²) in [5.74, 6) is 0. The standard InChI is InChI=1S/C18H24O3S.K/c1-3-5-7-14-9-10-18-15(8-6-4-2)12-17(22(19,20)21)13-16(18)11-14;/h9-13H,3-8H2,1-2H3,(H,19,20,21);/q;+1/p-1. The molecule has 0 aromatic heterocycles. The van der Waals surface area contributed by atoms with Crippen LogP contribution in [0.2, 0.25) is 0 Å². The van der Waals surface area contributed by atoms with E-state index in [1.54, 1.807) is 6.07 Å². The minimum Gasteiger partial charge on any atom is -0.744 e. The van der Waals surface area contributed by atoms with E-state index in [2.05, 4.69) is 26.0 Å². The molecule has 0 spiro atoms. The second-order valence-electron chi connectivity index (χ2n) is 5.80. The van der Waals surface area contributed by atoms with Crippen molar-refractivity contribution in [2.45, 2.75) is 57.3 Å². The van der Waals surface area contributed by atoms with Gasteiger partial charge in [0.05, 0.1) is 4.90 Å². The molecule has 5 heteroatoms. The van der Waals surface area contributed by atoms with Gasteiger partial charge in [0, 0.05) is 0 Å². The molecule has 0 saturated carbocycles. The Labute approximate surface area is 182 Å². The molecule has 0 aliphatic heterocycles. The third-order valence-electron chi connectivity index (χ3n) is 3.98. The van der Waals surface area contributed by atoms with E-state index in [0.29, 0.717) is 0 Å². The Hall–Kier alpha value is 0.246. The van der Waals surface area contributed by atoms with Crippen LogP contribution in [0.3, 0.4) is 0 Å². The van der Waals surface area contributed by atoms with Crippen LogP contribution in [0.25, 0.3) is 10.8 Å². The second-order valence-corrected chi connectivity index (χ2v) is 7.18. The summed E-state index contributed by atoms with van der Waals surface area (Å²) in [6.07, 6.45) is 6.01. The van der Waals surface area contributed by atoms with Gasteiger partial charge in [0.25, 0.3) is 0 Å². The van der Waals surface area contributed by atoms with Crippen molar-refractivity contribution in [3.63, 3.8) is 0 Å². The van der Waals surface area contributed by atoms with Crippen molar-refractivity contribution in [1.82, 2.24) is 0 Å². The first-order valence-electron chi connectivity index (χ1n) is 7.97. The van der Waals surface area contributed by atoms with Gasteiger partial charge in [-0.3, -0.25) is 0 Å². The zero-order valence-electron chi connectivity index (χ0n) is 14.3. The topological polar surface area (TPSA) is 57.2 Å². The van der Waals surface area contributed by atoms with E-state index >= 15 is 0 Å². The smallest absolute Gasteiger partial charge is 0.744 e. The molecule has 120 valence electrons. The van der Waals surface area contributed by atoms with E-state index in [4.69, 9.17) is 0 Å².